The van der Waals surface area contributed by atoms with Gasteiger partial charge in [0.15, 0.2) is 0 Å². The molecule has 0 bridgehead atoms. The number of benzene rings is 1. The Kier molecular flexibility index (Phi) is 4.82. The Bertz CT molecular complexity index is 724. The van der Waals surface area contributed by atoms with Crippen LogP contribution in [0, 0.1) is 0 Å². The Hall–Kier alpha value is -0.920. The van der Waals surface area contributed by atoms with Gasteiger partial charge in [0.2, 0.25) is 10.0 Å². The molecule has 0 aliphatic carbocycles. The molecule has 0 atom stereocenters. The molecular weight excluding hydrogens is 318 g/mol. The van der Waals surface area contributed by atoms with E-state index in [2.05, 4.69) is 6.58 Å². The number of hydrogen-bond donors (Lipinski definition) is 1. The fourth-order valence-corrected chi connectivity index (χ4v) is 4.90. The largest absolute Gasteiger partial charge is 0.395 e. The second-order valence-electron chi connectivity index (χ2n) is 4.12. The third-order valence-electron chi connectivity index (χ3n) is 2.80. The molecule has 2 rings (SSSR count). The summed E-state index contributed by atoms with van der Waals surface area (Å²) >= 11 is 7.29. The summed E-state index contributed by atoms with van der Waals surface area (Å²) in [6.07, 6.45) is 1.49. The monoisotopic (exact) mass is 331 g/mol. The number of aliphatic hydroxyl groups excluding tert-OH is 1. The normalized spacial score (nSPS) is 12.2. The van der Waals surface area contributed by atoms with Crippen LogP contribution in [-0.4, -0.2) is 37.5 Å². The van der Waals surface area contributed by atoms with Crippen LogP contribution in [-0.2, 0) is 10.0 Å². The van der Waals surface area contributed by atoms with Gasteiger partial charge in [0, 0.05) is 33.6 Å². The molecule has 1 aromatic heterocycles. The summed E-state index contributed by atoms with van der Waals surface area (Å²) in [5, 5.41) is 11.7. The van der Waals surface area contributed by atoms with E-state index in [4.69, 9.17) is 16.7 Å². The predicted molar refractivity (Wildman–Crippen MR) is 82.9 cm³/mol. The summed E-state index contributed by atoms with van der Waals surface area (Å²) in [6.45, 7) is 3.50. The van der Waals surface area contributed by atoms with Crippen LogP contribution in [0.25, 0.3) is 10.1 Å². The highest BCUT2D eigenvalue weighted by molar-refractivity contribution is 7.89. The fraction of sp³-hybridized carbons (Fsp3) is 0.231. The topological polar surface area (TPSA) is 57.6 Å². The molecule has 108 valence electrons. The molecular formula is C13H14ClNO3S2. The van der Waals surface area contributed by atoms with Gasteiger partial charge in [-0.15, -0.1) is 17.9 Å². The standard InChI is InChI=1S/C13H14ClNO3S2/c1-2-5-15(6-7-16)20(17,18)13-9-19-12-4-3-10(14)8-11(12)13/h2-4,8-9,16H,1,5-7H2. The Morgan fingerprint density at radius 2 is 2.20 bits per heavy atom. The average molecular weight is 332 g/mol. The highest BCUT2D eigenvalue weighted by Gasteiger charge is 2.26. The third kappa shape index (κ3) is 2.89. The minimum Gasteiger partial charge on any atom is -0.395 e. The average Bonchev–Trinajstić information content (AvgIpc) is 2.82. The Labute approximate surface area is 127 Å². The van der Waals surface area contributed by atoms with Crippen molar-refractivity contribution < 1.29 is 13.5 Å². The van der Waals surface area contributed by atoms with Crippen molar-refractivity contribution in [2.45, 2.75) is 4.90 Å². The zero-order valence-corrected chi connectivity index (χ0v) is 13.0. The first-order valence-corrected chi connectivity index (χ1v) is 8.59. The first kappa shape index (κ1) is 15.5. The van der Waals surface area contributed by atoms with Crippen LogP contribution in [0.15, 0.2) is 41.1 Å². The van der Waals surface area contributed by atoms with Crippen LogP contribution in [0.4, 0.5) is 0 Å². The molecule has 4 nitrogen and oxygen atoms in total. The summed E-state index contributed by atoms with van der Waals surface area (Å²) in [4.78, 5) is 0.218. The van der Waals surface area contributed by atoms with Crippen molar-refractivity contribution in [3.8, 4) is 0 Å². The molecule has 1 N–H and O–H groups in total. The summed E-state index contributed by atoms with van der Waals surface area (Å²) in [7, 11) is -3.67. The van der Waals surface area contributed by atoms with Crippen LogP contribution in [0.1, 0.15) is 0 Å². The molecule has 0 aliphatic rings. The van der Waals surface area contributed by atoms with Gasteiger partial charge >= 0.3 is 0 Å². The van der Waals surface area contributed by atoms with Crippen molar-refractivity contribution in [2.24, 2.45) is 0 Å². The molecule has 2 aromatic rings. The molecule has 1 aromatic carbocycles. The maximum Gasteiger partial charge on any atom is 0.244 e. The van der Waals surface area contributed by atoms with Gasteiger partial charge in [0.05, 0.1) is 6.61 Å². The summed E-state index contributed by atoms with van der Waals surface area (Å²) < 4.78 is 27.3. The maximum atomic E-state index is 12.6. The molecule has 0 radical (unpaired) electrons. The van der Waals surface area contributed by atoms with Gasteiger partial charge in [-0.25, -0.2) is 8.42 Å². The van der Waals surface area contributed by atoms with Gasteiger partial charge in [0.1, 0.15) is 4.90 Å². The molecule has 0 spiro atoms. The van der Waals surface area contributed by atoms with E-state index in [0.29, 0.717) is 10.4 Å². The highest BCUT2D eigenvalue weighted by Crippen LogP contribution is 2.33. The first-order valence-electron chi connectivity index (χ1n) is 5.89. The van der Waals surface area contributed by atoms with Crippen LogP contribution in [0.2, 0.25) is 5.02 Å². The van der Waals surface area contributed by atoms with Gasteiger partial charge in [-0.1, -0.05) is 17.7 Å². The number of sulfonamides is 1. The second kappa shape index (κ2) is 6.24. The molecule has 0 amide bonds. The Morgan fingerprint density at radius 3 is 2.85 bits per heavy atom. The summed E-state index contributed by atoms with van der Waals surface area (Å²) in [5.41, 5.74) is 0. The lowest BCUT2D eigenvalue weighted by molar-refractivity contribution is 0.260. The van der Waals surface area contributed by atoms with Crippen LogP contribution in [0.5, 0.6) is 0 Å². The zero-order valence-electron chi connectivity index (χ0n) is 10.6. The molecule has 7 heteroatoms. The SMILES string of the molecule is C=CCN(CCO)S(=O)(=O)c1csc2ccc(Cl)cc12. The molecule has 0 saturated heterocycles. The van der Waals surface area contributed by atoms with E-state index >= 15 is 0 Å². The highest BCUT2D eigenvalue weighted by atomic mass is 35.5. The van der Waals surface area contributed by atoms with Gasteiger partial charge < -0.3 is 5.11 Å². The van der Waals surface area contributed by atoms with Crippen LogP contribution >= 0.6 is 22.9 Å². The fourth-order valence-electron chi connectivity index (χ4n) is 1.88. The molecule has 0 fully saturated rings. The van der Waals surface area contributed by atoms with Gasteiger partial charge in [0.25, 0.3) is 0 Å². The Morgan fingerprint density at radius 1 is 1.45 bits per heavy atom. The molecule has 0 aliphatic heterocycles. The van der Waals surface area contributed by atoms with E-state index in [1.807, 2.05) is 0 Å². The number of thiophene rings is 1. The van der Waals surface area contributed by atoms with E-state index in [9.17, 15) is 8.42 Å². The minimum absolute atomic E-state index is 0.0340. The lowest BCUT2D eigenvalue weighted by Gasteiger charge is -2.19. The van der Waals surface area contributed by atoms with Crippen LogP contribution < -0.4 is 0 Å². The smallest absolute Gasteiger partial charge is 0.244 e. The van der Waals surface area contributed by atoms with Crippen LogP contribution in [0.3, 0.4) is 0 Å². The van der Waals surface area contributed by atoms with Crippen molar-refractivity contribution in [2.75, 3.05) is 19.7 Å². The molecule has 0 unspecified atom stereocenters. The molecule has 0 saturated carbocycles. The van der Waals surface area contributed by atoms with Crippen molar-refractivity contribution in [1.82, 2.24) is 4.31 Å². The number of fused-ring (bicyclic) bond motifs is 1. The maximum absolute atomic E-state index is 12.6. The minimum atomic E-state index is -3.67. The predicted octanol–water partition coefficient (Wildman–Crippen LogP) is 2.72. The van der Waals surface area contributed by atoms with Gasteiger partial charge in [-0.05, 0) is 18.2 Å². The van der Waals surface area contributed by atoms with E-state index in [0.717, 1.165) is 4.70 Å². The van der Waals surface area contributed by atoms with Crippen molar-refractivity contribution in [1.29, 1.82) is 0 Å². The molecule has 1 heterocycles. The molecule has 20 heavy (non-hydrogen) atoms. The quantitative estimate of drug-likeness (QED) is 0.828. The number of rotatable bonds is 6. The van der Waals surface area contributed by atoms with E-state index in [1.54, 1.807) is 23.6 Å². The van der Waals surface area contributed by atoms with Gasteiger partial charge in [-0.2, -0.15) is 4.31 Å². The lowest BCUT2D eigenvalue weighted by atomic mass is 10.3. The van der Waals surface area contributed by atoms with E-state index in [1.165, 1.54) is 21.7 Å². The number of halogens is 1. The van der Waals surface area contributed by atoms with E-state index in [-0.39, 0.29) is 24.6 Å². The lowest BCUT2D eigenvalue weighted by Crippen LogP contribution is -2.33. The number of nitrogens with zero attached hydrogens (tertiary/aromatic N) is 1. The van der Waals surface area contributed by atoms with E-state index < -0.39 is 10.0 Å². The third-order valence-corrected chi connectivity index (χ3v) is 6.05. The number of aliphatic hydroxyl groups is 1. The van der Waals surface area contributed by atoms with Gasteiger partial charge in [-0.3, -0.25) is 0 Å². The van der Waals surface area contributed by atoms with Crippen molar-refractivity contribution in [3.63, 3.8) is 0 Å². The van der Waals surface area contributed by atoms with Crippen molar-refractivity contribution >= 4 is 43.0 Å². The number of hydrogen-bond acceptors (Lipinski definition) is 4. The summed E-state index contributed by atoms with van der Waals surface area (Å²) in [6, 6.07) is 5.17. The second-order valence-corrected chi connectivity index (χ2v) is 7.37. The first-order chi connectivity index (χ1) is 9.50. The zero-order chi connectivity index (χ0) is 14.8. The van der Waals surface area contributed by atoms with Crippen molar-refractivity contribution in [3.05, 3.63) is 41.3 Å². The Balaban J connectivity index is 2.55. The summed E-state index contributed by atoms with van der Waals surface area (Å²) in [5.74, 6) is 0.